The van der Waals surface area contributed by atoms with Crippen molar-refractivity contribution in [2.24, 2.45) is 0 Å². The molecule has 4 heteroatoms. The molecule has 0 fully saturated rings. The van der Waals surface area contributed by atoms with Gasteiger partial charge in [0.15, 0.2) is 0 Å². The van der Waals surface area contributed by atoms with Gasteiger partial charge in [0, 0.05) is 13.1 Å². The number of aliphatic hydroxyl groups excluding tert-OH is 1. The van der Waals surface area contributed by atoms with Crippen molar-refractivity contribution in [3.8, 4) is 5.75 Å². The van der Waals surface area contributed by atoms with Crippen molar-refractivity contribution in [2.45, 2.75) is 13.0 Å². The van der Waals surface area contributed by atoms with Crippen LogP contribution in [0.1, 0.15) is 24.1 Å². The van der Waals surface area contributed by atoms with Crippen LogP contribution >= 0.6 is 0 Å². The molecule has 0 bridgehead atoms. The molecule has 126 valence electrons. The number of carbonyl (C=O) groups excluding carboxylic acids is 1. The van der Waals surface area contributed by atoms with E-state index in [4.69, 9.17) is 4.74 Å². The van der Waals surface area contributed by atoms with E-state index in [1.54, 1.807) is 25.1 Å². The van der Waals surface area contributed by atoms with Crippen LogP contribution in [-0.2, 0) is 4.79 Å². The van der Waals surface area contributed by atoms with Gasteiger partial charge in [0.1, 0.15) is 5.75 Å². The second-order valence-corrected chi connectivity index (χ2v) is 5.61. The van der Waals surface area contributed by atoms with Crippen LogP contribution in [0.5, 0.6) is 5.75 Å². The van der Waals surface area contributed by atoms with Gasteiger partial charge in [-0.05, 0) is 35.8 Å². The van der Waals surface area contributed by atoms with E-state index in [1.165, 1.54) is 0 Å². The van der Waals surface area contributed by atoms with Gasteiger partial charge in [-0.25, -0.2) is 0 Å². The number of hydrogen-bond donors (Lipinski definition) is 1. The summed E-state index contributed by atoms with van der Waals surface area (Å²) in [6.07, 6.45) is 1.60. The van der Waals surface area contributed by atoms with Crippen LogP contribution in [0.3, 0.4) is 0 Å². The molecule has 0 heterocycles. The minimum Gasteiger partial charge on any atom is -0.497 e. The van der Waals surface area contributed by atoms with E-state index in [0.29, 0.717) is 0 Å². The number of ether oxygens (including phenoxy) is 1. The zero-order valence-electron chi connectivity index (χ0n) is 14.3. The number of hydrogen-bond acceptors (Lipinski definition) is 3. The van der Waals surface area contributed by atoms with Crippen LogP contribution in [0.4, 0.5) is 0 Å². The molecule has 0 aliphatic heterocycles. The van der Waals surface area contributed by atoms with Gasteiger partial charge >= 0.3 is 0 Å². The van der Waals surface area contributed by atoms with E-state index in [1.807, 2.05) is 61.5 Å². The third kappa shape index (κ3) is 4.24. The highest BCUT2D eigenvalue weighted by Gasteiger charge is 2.20. The lowest BCUT2D eigenvalue weighted by molar-refractivity contribution is -0.127. The number of allylic oxidation sites excluding steroid dienone is 1. The molecule has 0 aliphatic rings. The summed E-state index contributed by atoms with van der Waals surface area (Å²) in [5, 5.41) is 9.73. The lowest BCUT2D eigenvalue weighted by atomic mass is 10.0. The van der Waals surface area contributed by atoms with Crippen LogP contribution in [0.15, 0.2) is 60.7 Å². The first kappa shape index (κ1) is 17.8. The number of aliphatic hydroxyl groups is 1. The van der Waals surface area contributed by atoms with Crippen LogP contribution in [-0.4, -0.2) is 36.7 Å². The third-order valence-corrected chi connectivity index (χ3v) is 4.06. The summed E-state index contributed by atoms with van der Waals surface area (Å²) in [4.78, 5) is 14.1. The van der Waals surface area contributed by atoms with Crippen LogP contribution in [0.2, 0.25) is 0 Å². The Morgan fingerprint density at radius 2 is 1.79 bits per heavy atom. The van der Waals surface area contributed by atoms with Crippen LogP contribution in [0.25, 0.3) is 5.57 Å². The molecule has 0 aliphatic carbocycles. The van der Waals surface area contributed by atoms with Crippen molar-refractivity contribution < 1.29 is 14.6 Å². The molecule has 1 unspecified atom stereocenters. The van der Waals surface area contributed by atoms with E-state index in [2.05, 4.69) is 0 Å². The molecule has 2 rings (SSSR count). The van der Waals surface area contributed by atoms with E-state index < -0.39 is 6.04 Å². The number of amides is 1. The molecular weight excluding hydrogens is 302 g/mol. The number of nitrogens with zero attached hydrogens (tertiary/aromatic N) is 1. The monoisotopic (exact) mass is 325 g/mol. The number of methoxy groups -OCH3 is 1. The predicted molar refractivity (Wildman–Crippen MR) is 95.7 cm³/mol. The molecule has 1 atom stereocenters. The fraction of sp³-hybridized carbons (Fsp3) is 0.250. The largest absolute Gasteiger partial charge is 0.497 e. The Bertz CT molecular complexity index is 693. The fourth-order valence-corrected chi connectivity index (χ4v) is 2.50. The standard InChI is InChI=1S/C20H23NO3/c1-15(16-7-5-4-6-8-16)13-20(23)21(2)19(14-22)17-9-11-18(24-3)12-10-17/h4-13,19,22H,14H2,1-3H3/b15-13-. The quantitative estimate of drug-likeness (QED) is 0.829. The second kappa shape index (κ2) is 8.31. The maximum atomic E-state index is 12.5. The average Bonchev–Trinajstić information content (AvgIpc) is 2.63. The minimum atomic E-state index is -0.400. The Morgan fingerprint density at radius 1 is 1.17 bits per heavy atom. The second-order valence-electron chi connectivity index (χ2n) is 5.61. The average molecular weight is 325 g/mol. The highest BCUT2D eigenvalue weighted by Crippen LogP contribution is 2.23. The van der Waals surface area contributed by atoms with Gasteiger partial charge in [-0.2, -0.15) is 0 Å². The zero-order chi connectivity index (χ0) is 17.5. The normalized spacial score (nSPS) is 12.6. The zero-order valence-corrected chi connectivity index (χ0v) is 14.3. The lowest BCUT2D eigenvalue weighted by Crippen LogP contribution is -2.32. The highest BCUT2D eigenvalue weighted by atomic mass is 16.5. The van der Waals surface area contributed by atoms with Crippen molar-refractivity contribution >= 4 is 11.5 Å². The molecule has 0 saturated heterocycles. The first-order valence-electron chi connectivity index (χ1n) is 7.82. The van der Waals surface area contributed by atoms with Crippen molar-refractivity contribution in [2.75, 3.05) is 20.8 Å². The van der Waals surface area contributed by atoms with Gasteiger partial charge in [-0.15, -0.1) is 0 Å². The molecule has 24 heavy (non-hydrogen) atoms. The van der Waals surface area contributed by atoms with E-state index in [-0.39, 0.29) is 12.5 Å². The van der Waals surface area contributed by atoms with Gasteiger partial charge in [-0.3, -0.25) is 4.79 Å². The summed E-state index contributed by atoms with van der Waals surface area (Å²) in [5.74, 6) is 0.593. The Labute approximate surface area is 143 Å². The van der Waals surface area contributed by atoms with E-state index in [9.17, 15) is 9.90 Å². The van der Waals surface area contributed by atoms with Crippen LogP contribution in [0, 0.1) is 0 Å². The summed E-state index contributed by atoms with van der Waals surface area (Å²) >= 11 is 0. The molecule has 1 amide bonds. The first-order chi connectivity index (χ1) is 11.6. The predicted octanol–water partition coefficient (Wildman–Crippen LogP) is 3.29. The summed E-state index contributed by atoms with van der Waals surface area (Å²) in [6, 6.07) is 16.7. The summed E-state index contributed by atoms with van der Waals surface area (Å²) < 4.78 is 5.14. The minimum absolute atomic E-state index is 0.146. The molecule has 2 aromatic rings. The molecule has 0 spiro atoms. The van der Waals surface area contributed by atoms with Crippen molar-refractivity contribution in [3.05, 3.63) is 71.8 Å². The molecule has 0 radical (unpaired) electrons. The SMILES string of the molecule is COc1ccc(C(CO)N(C)C(=O)/C=C(/C)c2ccccc2)cc1. The van der Waals surface area contributed by atoms with Gasteiger partial charge in [0.25, 0.3) is 0 Å². The van der Waals surface area contributed by atoms with E-state index >= 15 is 0 Å². The Balaban J connectivity index is 2.17. The third-order valence-electron chi connectivity index (χ3n) is 4.06. The number of likely N-dealkylation sites (N-methyl/N-ethyl adjacent to an activating group) is 1. The summed E-state index contributed by atoms with van der Waals surface area (Å²) in [5.41, 5.74) is 2.75. The maximum Gasteiger partial charge on any atom is 0.247 e. The summed E-state index contributed by atoms with van der Waals surface area (Å²) in [7, 11) is 3.30. The number of rotatable bonds is 6. The van der Waals surface area contributed by atoms with Gasteiger partial charge in [-0.1, -0.05) is 42.5 Å². The topological polar surface area (TPSA) is 49.8 Å². The first-order valence-corrected chi connectivity index (χ1v) is 7.82. The van der Waals surface area contributed by atoms with Crippen molar-refractivity contribution in [1.82, 2.24) is 4.90 Å². The van der Waals surface area contributed by atoms with Crippen molar-refractivity contribution in [1.29, 1.82) is 0 Å². The highest BCUT2D eigenvalue weighted by molar-refractivity contribution is 5.95. The lowest BCUT2D eigenvalue weighted by Gasteiger charge is -2.26. The molecule has 4 nitrogen and oxygen atoms in total. The fourth-order valence-electron chi connectivity index (χ4n) is 2.50. The maximum absolute atomic E-state index is 12.5. The molecule has 0 aromatic heterocycles. The number of benzene rings is 2. The Morgan fingerprint density at radius 3 is 2.33 bits per heavy atom. The smallest absolute Gasteiger partial charge is 0.247 e. The van der Waals surface area contributed by atoms with Gasteiger partial charge in [0.05, 0.1) is 19.8 Å². The molecule has 1 N–H and O–H groups in total. The van der Waals surface area contributed by atoms with Crippen LogP contribution < -0.4 is 4.74 Å². The molecule has 2 aromatic carbocycles. The Hall–Kier alpha value is -2.59. The summed E-state index contributed by atoms with van der Waals surface area (Å²) in [6.45, 7) is 1.76. The molecular formula is C20H23NO3. The molecule has 0 saturated carbocycles. The Kier molecular flexibility index (Phi) is 6.15. The van der Waals surface area contributed by atoms with Gasteiger partial charge in [0.2, 0.25) is 5.91 Å². The van der Waals surface area contributed by atoms with Crippen molar-refractivity contribution in [3.63, 3.8) is 0 Å². The van der Waals surface area contributed by atoms with Gasteiger partial charge < -0.3 is 14.7 Å². The number of carbonyl (C=O) groups is 1. The van der Waals surface area contributed by atoms with E-state index in [0.717, 1.165) is 22.4 Å².